The molecule has 2 aliphatic rings. The van der Waals surface area contributed by atoms with E-state index in [0.29, 0.717) is 10.6 Å². The monoisotopic (exact) mass is 464 g/mol. The molecule has 1 atom stereocenters. The number of nitrogens with two attached hydrogens (primary N) is 1. The zero-order valence-electron chi connectivity index (χ0n) is 29.9. The van der Waals surface area contributed by atoms with Gasteiger partial charge in [0.2, 0.25) is 12.0 Å². The highest BCUT2D eigenvalue weighted by Crippen LogP contribution is 2.34. The summed E-state index contributed by atoms with van der Waals surface area (Å²) in [5, 5.41) is -0.216. The second-order valence-corrected chi connectivity index (χ2v) is 6.94. The van der Waals surface area contributed by atoms with Gasteiger partial charge < -0.3 is 34.5 Å². The van der Waals surface area contributed by atoms with E-state index < -0.39 is 82.0 Å². The van der Waals surface area contributed by atoms with Crippen molar-refractivity contribution in [2.75, 3.05) is 57.4 Å². The molecule has 0 radical (unpaired) electrons. The number of para-hydroxylation sites is 2. The lowest BCUT2D eigenvalue weighted by atomic mass is 10.2. The number of nitrogens with zero attached hydrogens (tertiary/aromatic N) is 4. The van der Waals surface area contributed by atoms with Gasteiger partial charge in [-0.05, 0) is 18.2 Å². The lowest BCUT2D eigenvalue weighted by molar-refractivity contribution is -0.141. The minimum atomic E-state index is -3.08. The molecule has 1 saturated heterocycles. The maximum absolute atomic E-state index is 13.5. The Hall–Kier alpha value is -3.95. The van der Waals surface area contributed by atoms with Crippen LogP contribution in [0.15, 0.2) is 36.4 Å². The highest BCUT2D eigenvalue weighted by Gasteiger charge is 2.33. The van der Waals surface area contributed by atoms with Crippen molar-refractivity contribution in [3.8, 4) is 23.0 Å². The van der Waals surface area contributed by atoms with E-state index in [1.807, 2.05) is 0 Å². The van der Waals surface area contributed by atoms with Crippen molar-refractivity contribution in [1.29, 1.82) is 0 Å². The third-order valence-corrected chi connectivity index (χ3v) is 4.96. The molecule has 0 bridgehead atoms. The van der Waals surface area contributed by atoms with Gasteiger partial charge in [0.15, 0.2) is 25.8 Å². The highest BCUT2D eigenvalue weighted by molar-refractivity contribution is 5.91. The number of aromatic nitrogens is 2. The van der Waals surface area contributed by atoms with Crippen molar-refractivity contribution in [3.63, 3.8) is 0 Å². The molecule has 1 aromatic heterocycles. The van der Waals surface area contributed by atoms with Gasteiger partial charge in [-0.25, -0.2) is 4.98 Å². The summed E-state index contributed by atoms with van der Waals surface area (Å²) < 4.78 is 125. The van der Waals surface area contributed by atoms with Gasteiger partial charge in [-0.1, -0.05) is 12.1 Å². The van der Waals surface area contributed by atoms with Crippen molar-refractivity contribution in [3.05, 3.63) is 36.4 Å². The summed E-state index contributed by atoms with van der Waals surface area (Å²) in [4.78, 5) is 22.9. The molecule has 5 rings (SSSR count). The molecular weight excluding hydrogens is 426 g/mol. The van der Waals surface area contributed by atoms with Crippen LogP contribution in [0, 0.1) is 0 Å². The van der Waals surface area contributed by atoms with E-state index in [9.17, 15) is 4.79 Å². The van der Waals surface area contributed by atoms with E-state index >= 15 is 0 Å². The van der Waals surface area contributed by atoms with Crippen LogP contribution >= 0.6 is 0 Å². The zero-order valence-corrected chi connectivity index (χ0v) is 16.9. The Morgan fingerprint density at radius 1 is 1.21 bits per heavy atom. The molecule has 2 aromatic carbocycles. The first kappa shape index (κ1) is 10.8. The van der Waals surface area contributed by atoms with Crippen molar-refractivity contribution in [2.24, 2.45) is 0 Å². The van der Waals surface area contributed by atoms with Crippen molar-refractivity contribution < 1.29 is 41.6 Å². The summed E-state index contributed by atoms with van der Waals surface area (Å²) in [6.07, 6.45) is -2.36. The first-order chi connectivity index (χ1) is 21.1. The molecule has 2 N–H and O–H groups in total. The van der Waals surface area contributed by atoms with Crippen LogP contribution in [-0.2, 0) is 4.79 Å². The Labute approximate surface area is 209 Å². The molecule has 3 heterocycles. The van der Waals surface area contributed by atoms with E-state index in [-0.39, 0.29) is 22.4 Å². The zero-order chi connectivity index (χ0) is 34.0. The molecular formula is C23H25N5O5. The number of rotatable bonds is 5. The lowest BCUT2D eigenvalue weighted by Crippen LogP contribution is -2.54. The average Bonchev–Trinajstić information content (AvgIpc) is 2.89. The maximum atomic E-state index is 13.5. The van der Waals surface area contributed by atoms with Gasteiger partial charge in [-0.3, -0.25) is 4.79 Å². The number of hydrogen-bond acceptors (Lipinski definition) is 9. The number of anilines is 2. The quantitative estimate of drug-likeness (QED) is 0.603. The van der Waals surface area contributed by atoms with Crippen LogP contribution in [0.3, 0.4) is 0 Å². The summed E-state index contributed by atoms with van der Waals surface area (Å²) in [5.41, 5.74) is -0.312. The topological polar surface area (TPSA) is 112 Å². The van der Waals surface area contributed by atoms with Gasteiger partial charge >= 0.3 is 0 Å². The molecule has 10 nitrogen and oxygen atoms in total. The molecule has 10 heteroatoms. The standard InChI is InChI=1S/C23H25N5O5/c1-30-18-11-14-15(12-19(18)31-2)25-23(26-21(14)24)28-9-7-27(8-10-28)22(29)20-13-32-16-5-3-4-6-17(16)33-20/h3-6,11-12,20H,7-10,13H2,1-2H3,(H2,24,25,26)/i1D3,2D3,9D2,10D2,20D/hD2. The Morgan fingerprint density at radius 2 is 1.97 bits per heavy atom. The molecule has 172 valence electrons. The summed E-state index contributed by atoms with van der Waals surface area (Å²) in [6, 6.07) is 8.15. The molecule has 1 amide bonds. The van der Waals surface area contributed by atoms with Gasteiger partial charge in [0.1, 0.15) is 12.4 Å². The predicted octanol–water partition coefficient (Wildman–Crippen LogP) is 1.72. The SMILES string of the molecule is [2H]N([2H])c1nc(N2C([2H])([2H])CN(C(=O)C3([2H])COc4ccccc4O3)CC2([2H])[2H])nc2cc(OC([2H])([2H])[2H])c(OC([2H])([2H])[2H])cc12. The summed E-state index contributed by atoms with van der Waals surface area (Å²) in [5.74, 6) is -3.21. The van der Waals surface area contributed by atoms with Gasteiger partial charge in [0.05, 0.1) is 34.7 Å². The molecule has 2 aliphatic heterocycles. The minimum Gasteiger partial charge on any atom is -0.493 e. The van der Waals surface area contributed by atoms with Gasteiger partial charge in [0.25, 0.3) is 5.91 Å². The van der Waals surface area contributed by atoms with E-state index in [1.165, 1.54) is 6.07 Å². The van der Waals surface area contributed by atoms with E-state index in [2.05, 4.69) is 9.97 Å². The number of fused-ring (bicyclic) bond motifs is 2. The number of hydrogen-bond donors (Lipinski definition) is 1. The molecule has 0 aliphatic carbocycles. The Bertz CT molecular complexity index is 1650. The van der Waals surface area contributed by atoms with Crippen LogP contribution in [0.25, 0.3) is 10.9 Å². The minimum absolute atomic E-state index is 0.0239. The number of benzene rings is 2. The number of amides is 1. The Morgan fingerprint density at radius 3 is 2.73 bits per heavy atom. The maximum Gasteiger partial charge on any atom is 0.267 e. The van der Waals surface area contributed by atoms with E-state index in [1.54, 1.807) is 18.2 Å². The fourth-order valence-electron chi connectivity index (χ4n) is 3.32. The van der Waals surface area contributed by atoms with Crippen LogP contribution in [-0.4, -0.2) is 73.6 Å². The Kier molecular flexibility index (Phi) is 2.79. The second kappa shape index (κ2) is 8.53. The van der Waals surface area contributed by atoms with Crippen molar-refractivity contribution >= 4 is 28.6 Å². The van der Waals surface area contributed by atoms with Gasteiger partial charge in [-0.2, -0.15) is 4.98 Å². The van der Waals surface area contributed by atoms with E-state index in [0.717, 1.165) is 17.0 Å². The lowest BCUT2D eigenvalue weighted by Gasteiger charge is -2.37. The van der Waals surface area contributed by atoms with Crippen LogP contribution in [0.4, 0.5) is 11.8 Å². The average molecular weight is 465 g/mol. The molecule has 1 fully saturated rings. The van der Waals surface area contributed by atoms with Crippen molar-refractivity contribution in [2.45, 2.75) is 6.08 Å². The number of carbonyl (C=O) groups is 1. The number of ether oxygens (including phenoxy) is 4. The third kappa shape index (κ3) is 3.88. The van der Waals surface area contributed by atoms with E-state index in [4.69, 9.17) is 36.8 Å². The van der Waals surface area contributed by atoms with Crippen molar-refractivity contribution in [1.82, 2.24) is 14.9 Å². The highest BCUT2D eigenvalue weighted by atomic mass is 16.6. The number of nitrogen functional groups attached to an aromatic ring is 1. The second-order valence-electron chi connectivity index (χ2n) is 6.94. The molecule has 3 aromatic rings. The first-order valence-corrected chi connectivity index (χ1v) is 9.61. The molecule has 33 heavy (non-hydrogen) atoms. The number of methoxy groups -OCH3 is 2. The third-order valence-electron chi connectivity index (χ3n) is 4.96. The predicted molar refractivity (Wildman–Crippen MR) is 122 cm³/mol. The molecule has 1 unspecified atom stereocenters. The number of piperazine rings is 1. The molecule has 0 spiro atoms. The van der Waals surface area contributed by atoms with Gasteiger partial charge in [-0.15, -0.1) is 0 Å². The fourth-order valence-corrected chi connectivity index (χ4v) is 3.32. The largest absolute Gasteiger partial charge is 0.493 e. The normalized spacial score (nSPS) is 29.4. The van der Waals surface area contributed by atoms with Crippen LogP contribution in [0.5, 0.6) is 23.0 Å². The van der Waals surface area contributed by atoms with Gasteiger partial charge in [0, 0.05) is 37.5 Å². The van der Waals surface area contributed by atoms with Crippen LogP contribution in [0.2, 0.25) is 2.82 Å². The number of carbonyl (C=O) groups excluding carboxylic acids is 1. The fraction of sp³-hybridized carbons (Fsp3) is 0.348. The summed E-state index contributed by atoms with van der Waals surface area (Å²) in [6.45, 7) is -7.72. The Balaban J connectivity index is 1.54. The van der Waals surface area contributed by atoms with Crippen LogP contribution < -0.4 is 29.6 Å². The summed E-state index contributed by atoms with van der Waals surface area (Å²) in [7, 11) is -6.15. The smallest absolute Gasteiger partial charge is 0.267 e. The summed E-state index contributed by atoms with van der Waals surface area (Å²) >= 11 is 0. The first-order valence-electron chi connectivity index (χ1n) is 16.0. The molecule has 0 saturated carbocycles. The van der Waals surface area contributed by atoms with Crippen LogP contribution in [0.1, 0.15) is 15.1 Å².